The molecular formula is C17H16FN5O2S. The number of hydrogen-bond acceptors (Lipinski definition) is 6. The number of carbonyl (C=O) groups excluding carboxylic acids is 1. The van der Waals surface area contributed by atoms with Crippen molar-refractivity contribution in [3.63, 3.8) is 0 Å². The highest BCUT2D eigenvalue weighted by Crippen LogP contribution is 2.34. The lowest BCUT2D eigenvalue weighted by Crippen LogP contribution is -2.17. The third-order valence-electron chi connectivity index (χ3n) is 4.23. The first-order valence-corrected chi connectivity index (χ1v) is 8.75. The van der Waals surface area contributed by atoms with Gasteiger partial charge in [0.2, 0.25) is 0 Å². The molecule has 3 unspecified atom stereocenters. The molecule has 0 radical (unpaired) electrons. The largest absolute Gasteiger partial charge is 0.351 e. The number of benzene rings is 1. The summed E-state index contributed by atoms with van der Waals surface area (Å²) >= 11 is 4.17. The zero-order valence-electron chi connectivity index (χ0n) is 13.6. The summed E-state index contributed by atoms with van der Waals surface area (Å²) in [6.07, 6.45) is 0.785. The van der Waals surface area contributed by atoms with Gasteiger partial charge in [0.1, 0.15) is 12.5 Å². The van der Waals surface area contributed by atoms with Crippen molar-refractivity contribution in [3.05, 3.63) is 48.5 Å². The number of ether oxygens (including phenoxy) is 1. The van der Waals surface area contributed by atoms with Gasteiger partial charge < -0.3 is 10.1 Å². The summed E-state index contributed by atoms with van der Waals surface area (Å²) in [6.45, 7) is 0. The summed E-state index contributed by atoms with van der Waals surface area (Å²) in [5.74, 6) is 0.397. The lowest BCUT2D eigenvalue weighted by Gasteiger charge is -2.15. The summed E-state index contributed by atoms with van der Waals surface area (Å²) in [6, 6.07) is 8.77. The van der Waals surface area contributed by atoms with Gasteiger partial charge in [0.25, 0.3) is 5.91 Å². The fraction of sp³-hybridized carbons (Fsp3) is 0.294. The number of aromatic nitrogens is 4. The number of hydrogen-bond donors (Lipinski definition) is 2. The van der Waals surface area contributed by atoms with Crippen molar-refractivity contribution in [1.82, 2.24) is 19.5 Å². The number of alkyl halides is 1. The summed E-state index contributed by atoms with van der Waals surface area (Å²) in [5, 5.41) is 2.72. The average Bonchev–Trinajstić information content (AvgIpc) is 3.26. The zero-order valence-corrected chi connectivity index (χ0v) is 14.5. The molecule has 3 aromatic rings. The fourth-order valence-corrected chi connectivity index (χ4v) is 3.20. The van der Waals surface area contributed by atoms with Crippen molar-refractivity contribution in [2.75, 3.05) is 11.1 Å². The van der Waals surface area contributed by atoms with Crippen LogP contribution in [0.2, 0.25) is 0 Å². The maximum atomic E-state index is 14.3. The molecule has 26 heavy (non-hydrogen) atoms. The summed E-state index contributed by atoms with van der Waals surface area (Å²) in [7, 11) is 0. The van der Waals surface area contributed by atoms with E-state index in [-0.39, 0.29) is 24.2 Å². The molecule has 2 aromatic heterocycles. The Balaban J connectivity index is 1.64. The van der Waals surface area contributed by atoms with Crippen LogP contribution in [0.5, 0.6) is 0 Å². The number of anilines is 1. The van der Waals surface area contributed by atoms with E-state index >= 15 is 0 Å². The van der Waals surface area contributed by atoms with Gasteiger partial charge in [-0.1, -0.05) is 18.2 Å². The molecule has 1 aliphatic heterocycles. The van der Waals surface area contributed by atoms with Gasteiger partial charge >= 0.3 is 0 Å². The van der Waals surface area contributed by atoms with Gasteiger partial charge in [-0.2, -0.15) is 12.6 Å². The highest BCUT2D eigenvalue weighted by atomic mass is 32.1. The van der Waals surface area contributed by atoms with Crippen molar-refractivity contribution in [1.29, 1.82) is 0 Å². The van der Waals surface area contributed by atoms with Crippen molar-refractivity contribution in [2.45, 2.75) is 24.9 Å². The second-order valence-electron chi connectivity index (χ2n) is 5.95. The fourth-order valence-electron chi connectivity index (χ4n) is 2.96. The molecule has 1 fully saturated rings. The molecule has 3 heterocycles. The van der Waals surface area contributed by atoms with Crippen molar-refractivity contribution < 1.29 is 13.9 Å². The molecule has 0 spiro atoms. The van der Waals surface area contributed by atoms with E-state index in [2.05, 4.69) is 32.9 Å². The molecule has 1 amide bonds. The van der Waals surface area contributed by atoms with E-state index in [9.17, 15) is 9.18 Å². The predicted octanol–water partition coefficient (Wildman–Crippen LogP) is 2.63. The molecule has 0 bridgehead atoms. The summed E-state index contributed by atoms with van der Waals surface area (Å²) in [4.78, 5) is 24.9. The maximum Gasteiger partial charge on any atom is 0.256 e. The van der Waals surface area contributed by atoms with Gasteiger partial charge in [0.15, 0.2) is 23.2 Å². The Kier molecular flexibility index (Phi) is 4.56. The quantitative estimate of drug-likeness (QED) is 0.687. The Morgan fingerprint density at radius 3 is 2.85 bits per heavy atom. The van der Waals surface area contributed by atoms with Gasteiger partial charge in [-0.05, 0) is 12.1 Å². The second-order valence-corrected chi connectivity index (χ2v) is 6.31. The van der Waals surface area contributed by atoms with Gasteiger partial charge in [0, 0.05) is 17.7 Å². The number of nitrogens with one attached hydrogen (secondary N) is 1. The van der Waals surface area contributed by atoms with Crippen LogP contribution in [0.25, 0.3) is 11.2 Å². The first-order valence-electron chi connectivity index (χ1n) is 8.11. The SMILES string of the molecule is O=C(Nc1ncnc2c1ncn2C1OC(CS)CC1F)c1ccccc1. The normalized spacial score (nSPS) is 22.6. The molecule has 1 aliphatic rings. The van der Waals surface area contributed by atoms with Crippen molar-refractivity contribution in [2.24, 2.45) is 0 Å². The third-order valence-corrected chi connectivity index (χ3v) is 4.64. The Morgan fingerprint density at radius 2 is 2.12 bits per heavy atom. The number of halogens is 1. The summed E-state index contributed by atoms with van der Waals surface area (Å²) in [5.41, 5.74) is 1.27. The Labute approximate surface area is 154 Å². The summed E-state index contributed by atoms with van der Waals surface area (Å²) < 4.78 is 21.5. The highest BCUT2D eigenvalue weighted by Gasteiger charge is 2.37. The number of thiol groups is 1. The molecule has 1 aromatic carbocycles. The topological polar surface area (TPSA) is 81.9 Å². The van der Waals surface area contributed by atoms with Crippen LogP contribution < -0.4 is 5.32 Å². The molecule has 134 valence electrons. The van der Waals surface area contributed by atoms with E-state index < -0.39 is 12.4 Å². The Bertz CT molecular complexity index is 935. The van der Waals surface area contributed by atoms with Crippen LogP contribution in [0.3, 0.4) is 0 Å². The second kappa shape index (κ2) is 7.00. The van der Waals surface area contributed by atoms with Crippen LogP contribution >= 0.6 is 12.6 Å². The number of fused-ring (bicyclic) bond motifs is 1. The zero-order chi connectivity index (χ0) is 18.1. The van der Waals surface area contributed by atoms with Crippen LogP contribution in [0, 0.1) is 0 Å². The number of nitrogens with zero attached hydrogens (tertiary/aromatic N) is 4. The lowest BCUT2D eigenvalue weighted by atomic mass is 10.2. The Hall–Kier alpha value is -2.52. The van der Waals surface area contributed by atoms with Gasteiger partial charge in [-0.25, -0.2) is 19.3 Å². The van der Waals surface area contributed by atoms with E-state index in [1.165, 1.54) is 17.2 Å². The van der Waals surface area contributed by atoms with E-state index in [4.69, 9.17) is 4.74 Å². The molecule has 0 aliphatic carbocycles. The minimum atomic E-state index is -1.18. The standard InChI is InChI=1S/C17H16FN5O2S/c18-12-6-11(7-26)25-17(12)23-9-21-13-14(19-8-20-15(13)23)22-16(24)10-4-2-1-3-5-10/h1-5,8-9,11-12,17,26H,6-7H2,(H,19,20,22,24). The molecule has 4 rings (SSSR count). The van der Waals surface area contributed by atoms with Gasteiger partial charge in [-0.15, -0.1) is 0 Å². The first-order chi connectivity index (χ1) is 12.7. The monoisotopic (exact) mass is 373 g/mol. The van der Waals surface area contributed by atoms with Crippen LogP contribution in [0.4, 0.5) is 10.2 Å². The van der Waals surface area contributed by atoms with E-state index in [1.54, 1.807) is 24.3 Å². The lowest BCUT2D eigenvalue weighted by molar-refractivity contribution is -0.00757. The van der Waals surface area contributed by atoms with E-state index in [0.29, 0.717) is 22.5 Å². The number of imidazole rings is 1. The van der Waals surface area contributed by atoms with Crippen LogP contribution in [-0.2, 0) is 4.74 Å². The predicted molar refractivity (Wildman–Crippen MR) is 97.0 cm³/mol. The number of amides is 1. The van der Waals surface area contributed by atoms with Crippen LogP contribution in [-0.4, -0.2) is 43.5 Å². The number of carbonyl (C=O) groups is 1. The molecule has 1 N–H and O–H groups in total. The molecule has 9 heteroatoms. The van der Waals surface area contributed by atoms with E-state index in [1.807, 2.05) is 6.07 Å². The molecule has 0 saturated carbocycles. The molecule has 1 saturated heterocycles. The van der Waals surface area contributed by atoms with Crippen molar-refractivity contribution in [3.8, 4) is 0 Å². The van der Waals surface area contributed by atoms with Gasteiger partial charge in [0.05, 0.1) is 12.4 Å². The first kappa shape index (κ1) is 16.9. The smallest absolute Gasteiger partial charge is 0.256 e. The van der Waals surface area contributed by atoms with Crippen molar-refractivity contribution >= 4 is 35.5 Å². The number of rotatable bonds is 4. The maximum absolute atomic E-state index is 14.3. The Morgan fingerprint density at radius 1 is 1.31 bits per heavy atom. The molecule has 3 atom stereocenters. The minimum Gasteiger partial charge on any atom is -0.351 e. The van der Waals surface area contributed by atoms with Crippen LogP contribution in [0.1, 0.15) is 23.0 Å². The third kappa shape index (κ3) is 3.04. The minimum absolute atomic E-state index is 0.255. The van der Waals surface area contributed by atoms with Crippen LogP contribution in [0.15, 0.2) is 43.0 Å². The average molecular weight is 373 g/mol. The highest BCUT2D eigenvalue weighted by molar-refractivity contribution is 7.80. The molecular weight excluding hydrogens is 357 g/mol. The molecule has 7 nitrogen and oxygen atoms in total. The van der Waals surface area contributed by atoms with E-state index in [0.717, 1.165) is 0 Å². The van der Waals surface area contributed by atoms with Gasteiger partial charge in [-0.3, -0.25) is 9.36 Å².